The fraction of sp³-hybridized carbons (Fsp3) is 0.429. The zero-order valence-electron chi connectivity index (χ0n) is 16.2. The fourth-order valence-corrected chi connectivity index (χ4v) is 3.92. The summed E-state index contributed by atoms with van der Waals surface area (Å²) >= 11 is 0. The number of nitrogens with zero attached hydrogens (tertiary/aromatic N) is 6. The minimum atomic E-state index is 0.223. The van der Waals surface area contributed by atoms with Crippen LogP contribution in [0.4, 0.5) is 0 Å². The van der Waals surface area contributed by atoms with Gasteiger partial charge in [-0.25, -0.2) is 4.98 Å². The van der Waals surface area contributed by atoms with E-state index in [1.165, 1.54) is 5.56 Å². The molecular weight excluding hydrogens is 352 g/mol. The van der Waals surface area contributed by atoms with Gasteiger partial charge in [-0.3, -0.25) is 14.5 Å². The SMILES string of the molecule is Cn1cc(CCC(=O)N2CCC[C@@H](c3nccn3Cc3ccncc3)C2)cn1. The topological polar surface area (TPSA) is 68.8 Å². The maximum atomic E-state index is 12.7. The summed E-state index contributed by atoms with van der Waals surface area (Å²) in [6.45, 7) is 2.37. The monoisotopic (exact) mass is 378 g/mol. The number of amides is 1. The predicted octanol–water partition coefficient (Wildman–Crippen LogP) is 2.40. The van der Waals surface area contributed by atoms with E-state index in [4.69, 9.17) is 0 Å². The highest BCUT2D eigenvalue weighted by atomic mass is 16.2. The summed E-state index contributed by atoms with van der Waals surface area (Å²) < 4.78 is 3.98. The highest BCUT2D eigenvalue weighted by Gasteiger charge is 2.27. The molecule has 7 nitrogen and oxygen atoms in total. The lowest BCUT2D eigenvalue weighted by atomic mass is 9.96. The molecule has 28 heavy (non-hydrogen) atoms. The van der Waals surface area contributed by atoms with Crippen LogP contribution in [0.5, 0.6) is 0 Å². The van der Waals surface area contributed by atoms with Crippen LogP contribution in [0.1, 0.15) is 42.1 Å². The Morgan fingerprint density at radius 2 is 2.07 bits per heavy atom. The molecule has 1 amide bonds. The van der Waals surface area contributed by atoms with Crippen molar-refractivity contribution in [3.05, 3.63) is 66.3 Å². The molecule has 0 saturated carbocycles. The van der Waals surface area contributed by atoms with Crippen LogP contribution in [0.2, 0.25) is 0 Å². The standard InChI is InChI=1S/C21H26N6O/c1-25-14-18(13-24-25)4-5-20(28)26-11-2-3-19(16-26)21-23-10-12-27(21)15-17-6-8-22-9-7-17/h6-10,12-14,19H,2-5,11,15-16H2,1H3/t19-/m1/s1. The van der Waals surface area contributed by atoms with E-state index in [2.05, 4.69) is 19.6 Å². The number of likely N-dealkylation sites (tertiary alicyclic amines) is 1. The highest BCUT2D eigenvalue weighted by Crippen LogP contribution is 2.27. The number of pyridine rings is 1. The van der Waals surface area contributed by atoms with Crippen molar-refractivity contribution in [3.8, 4) is 0 Å². The number of rotatable bonds is 6. The average molecular weight is 378 g/mol. The van der Waals surface area contributed by atoms with Crippen LogP contribution in [0.3, 0.4) is 0 Å². The van der Waals surface area contributed by atoms with Crippen molar-refractivity contribution in [1.29, 1.82) is 0 Å². The van der Waals surface area contributed by atoms with E-state index in [0.29, 0.717) is 6.42 Å². The van der Waals surface area contributed by atoms with E-state index >= 15 is 0 Å². The second-order valence-electron chi connectivity index (χ2n) is 7.47. The molecular formula is C21H26N6O. The Kier molecular flexibility index (Phi) is 5.50. The summed E-state index contributed by atoms with van der Waals surface area (Å²) in [5.41, 5.74) is 2.31. The lowest BCUT2D eigenvalue weighted by molar-refractivity contribution is -0.132. The van der Waals surface area contributed by atoms with Crippen LogP contribution in [0, 0.1) is 0 Å². The first-order chi connectivity index (χ1) is 13.7. The van der Waals surface area contributed by atoms with E-state index in [-0.39, 0.29) is 11.8 Å². The third-order valence-electron chi connectivity index (χ3n) is 5.38. The van der Waals surface area contributed by atoms with Gasteiger partial charge in [-0.15, -0.1) is 0 Å². The van der Waals surface area contributed by atoms with E-state index < -0.39 is 0 Å². The maximum Gasteiger partial charge on any atom is 0.222 e. The fourth-order valence-electron chi connectivity index (χ4n) is 3.92. The first-order valence-corrected chi connectivity index (χ1v) is 9.84. The Hall–Kier alpha value is -2.96. The molecule has 0 N–H and O–H groups in total. The molecule has 1 fully saturated rings. The van der Waals surface area contributed by atoms with Crippen molar-refractivity contribution in [2.75, 3.05) is 13.1 Å². The maximum absolute atomic E-state index is 12.7. The lowest BCUT2D eigenvalue weighted by Crippen LogP contribution is -2.39. The number of hydrogen-bond donors (Lipinski definition) is 0. The minimum absolute atomic E-state index is 0.223. The summed E-state index contributed by atoms with van der Waals surface area (Å²) in [5, 5.41) is 4.17. The quantitative estimate of drug-likeness (QED) is 0.660. The molecule has 0 bridgehead atoms. The molecule has 0 spiro atoms. The molecule has 1 aliphatic heterocycles. The Balaban J connectivity index is 1.38. The molecule has 1 aliphatic rings. The molecule has 146 valence electrons. The lowest BCUT2D eigenvalue weighted by Gasteiger charge is -2.33. The van der Waals surface area contributed by atoms with E-state index in [9.17, 15) is 4.79 Å². The zero-order valence-corrected chi connectivity index (χ0v) is 16.2. The summed E-state index contributed by atoms with van der Waals surface area (Å²) in [5.74, 6) is 1.58. The summed E-state index contributed by atoms with van der Waals surface area (Å²) in [6.07, 6.45) is 14.7. The van der Waals surface area contributed by atoms with Gasteiger partial charge in [-0.05, 0) is 42.5 Å². The van der Waals surface area contributed by atoms with Crippen molar-refractivity contribution in [3.63, 3.8) is 0 Å². The smallest absolute Gasteiger partial charge is 0.222 e. The van der Waals surface area contributed by atoms with Gasteiger partial charge in [0.15, 0.2) is 0 Å². The molecule has 0 aromatic carbocycles. The van der Waals surface area contributed by atoms with Crippen LogP contribution < -0.4 is 0 Å². The van der Waals surface area contributed by atoms with E-state index in [0.717, 1.165) is 50.3 Å². The van der Waals surface area contributed by atoms with Crippen molar-refractivity contribution in [2.24, 2.45) is 7.05 Å². The molecule has 7 heteroatoms. The van der Waals surface area contributed by atoms with Crippen LogP contribution in [0.25, 0.3) is 0 Å². The van der Waals surface area contributed by atoms with Gasteiger partial charge in [0, 0.05) is 70.0 Å². The van der Waals surface area contributed by atoms with Gasteiger partial charge < -0.3 is 9.47 Å². The number of carbonyl (C=O) groups excluding carboxylic acids is 1. The Morgan fingerprint density at radius 1 is 1.21 bits per heavy atom. The third kappa shape index (κ3) is 4.30. The van der Waals surface area contributed by atoms with Crippen LogP contribution in [-0.4, -0.2) is 48.2 Å². The molecule has 3 aromatic heterocycles. The van der Waals surface area contributed by atoms with E-state index in [1.807, 2.05) is 61.3 Å². The van der Waals surface area contributed by atoms with Gasteiger partial charge in [0.2, 0.25) is 5.91 Å². The number of hydrogen-bond acceptors (Lipinski definition) is 4. The summed E-state index contributed by atoms with van der Waals surface area (Å²) in [7, 11) is 1.90. The molecule has 1 atom stereocenters. The molecule has 0 aliphatic carbocycles. The zero-order chi connectivity index (χ0) is 19.3. The van der Waals surface area contributed by atoms with Gasteiger partial charge in [0.05, 0.1) is 6.20 Å². The largest absolute Gasteiger partial charge is 0.342 e. The number of aryl methyl sites for hydroxylation is 2. The molecule has 3 aromatic rings. The van der Waals surface area contributed by atoms with Gasteiger partial charge in [0.25, 0.3) is 0 Å². The number of imidazole rings is 1. The predicted molar refractivity (Wildman–Crippen MR) is 106 cm³/mol. The minimum Gasteiger partial charge on any atom is -0.342 e. The Labute approximate surface area is 165 Å². The van der Waals surface area contributed by atoms with Crippen molar-refractivity contribution >= 4 is 5.91 Å². The van der Waals surface area contributed by atoms with Gasteiger partial charge in [-0.2, -0.15) is 5.10 Å². The Morgan fingerprint density at radius 3 is 2.86 bits per heavy atom. The van der Waals surface area contributed by atoms with Gasteiger partial charge in [-0.1, -0.05) is 0 Å². The molecule has 4 rings (SSSR count). The number of carbonyl (C=O) groups is 1. The normalized spacial score (nSPS) is 17.0. The summed E-state index contributed by atoms with van der Waals surface area (Å²) in [4.78, 5) is 23.5. The average Bonchev–Trinajstić information content (AvgIpc) is 3.36. The first kappa shape index (κ1) is 18.4. The van der Waals surface area contributed by atoms with Gasteiger partial charge in [0.1, 0.15) is 5.82 Å². The van der Waals surface area contributed by atoms with Gasteiger partial charge >= 0.3 is 0 Å². The highest BCUT2D eigenvalue weighted by molar-refractivity contribution is 5.76. The summed E-state index contributed by atoms with van der Waals surface area (Å²) in [6, 6.07) is 4.05. The number of aromatic nitrogens is 5. The van der Waals surface area contributed by atoms with Crippen LogP contribution in [0.15, 0.2) is 49.3 Å². The van der Waals surface area contributed by atoms with Crippen LogP contribution >= 0.6 is 0 Å². The Bertz CT molecular complexity index is 916. The molecule has 0 radical (unpaired) electrons. The van der Waals surface area contributed by atoms with Crippen molar-refractivity contribution < 1.29 is 4.79 Å². The number of piperidine rings is 1. The van der Waals surface area contributed by atoms with Crippen LogP contribution in [-0.2, 0) is 24.8 Å². The first-order valence-electron chi connectivity index (χ1n) is 9.84. The molecule has 0 unspecified atom stereocenters. The van der Waals surface area contributed by atoms with E-state index in [1.54, 1.807) is 4.68 Å². The van der Waals surface area contributed by atoms with Crippen molar-refractivity contribution in [1.82, 2.24) is 29.2 Å². The third-order valence-corrected chi connectivity index (χ3v) is 5.38. The van der Waals surface area contributed by atoms with Crippen molar-refractivity contribution in [2.45, 2.75) is 38.1 Å². The molecule has 1 saturated heterocycles. The second kappa shape index (κ2) is 8.37. The second-order valence-corrected chi connectivity index (χ2v) is 7.47. The molecule has 4 heterocycles.